The van der Waals surface area contributed by atoms with Crippen molar-refractivity contribution in [3.63, 3.8) is 0 Å². The van der Waals surface area contributed by atoms with Gasteiger partial charge in [0.05, 0.1) is 12.4 Å². The zero-order chi connectivity index (χ0) is 20.6. The Kier molecular flexibility index (Phi) is 5.03. The van der Waals surface area contributed by atoms with Crippen molar-refractivity contribution in [1.82, 2.24) is 23.8 Å². The molecule has 3 heterocycles. The molecule has 0 spiro atoms. The molecule has 2 aromatic heterocycles. The highest BCUT2D eigenvalue weighted by Crippen LogP contribution is 2.32. The van der Waals surface area contributed by atoms with Gasteiger partial charge in [-0.1, -0.05) is 24.1 Å². The molecule has 0 amide bonds. The number of aliphatic hydroxyl groups is 1. The van der Waals surface area contributed by atoms with E-state index < -0.39 is 28.9 Å². The minimum Gasteiger partial charge on any atom is -0.389 e. The van der Waals surface area contributed by atoms with Crippen molar-refractivity contribution in [2.24, 2.45) is 0 Å². The predicted octanol–water partition coefficient (Wildman–Crippen LogP) is 0.567. The topological polar surface area (TPSA) is 131 Å². The molecule has 3 atom stereocenters. The molecule has 4 rings (SSSR count). The second kappa shape index (κ2) is 7.51. The zero-order valence-corrected chi connectivity index (χ0v) is 16.1. The fourth-order valence-corrected chi connectivity index (χ4v) is 3.53. The number of likely N-dealkylation sites (N-methyl/N-ethyl adjacent to an activating group) is 1. The minimum atomic E-state index is -4.51. The molecule has 1 saturated heterocycles. The highest BCUT2D eigenvalue weighted by atomic mass is 32.2. The van der Waals surface area contributed by atoms with Crippen LogP contribution in [0.4, 0.5) is 0 Å². The van der Waals surface area contributed by atoms with Gasteiger partial charge in [0.25, 0.3) is 0 Å². The molecular weight excluding hydrogens is 398 g/mol. The lowest BCUT2D eigenvalue weighted by atomic mass is 10.2. The van der Waals surface area contributed by atoms with E-state index in [9.17, 15) is 18.1 Å². The van der Waals surface area contributed by atoms with E-state index in [-0.39, 0.29) is 6.42 Å². The first-order valence-electron chi connectivity index (χ1n) is 8.63. The first-order chi connectivity index (χ1) is 13.8. The Hall–Kier alpha value is -2.88. The molecule has 1 aliphatic rings. The van der Waals surface area contributed by atoms with Crippen molar-refractivity contribution < 1.29 is 22.8 Å². The van der Waals surface area contributed by atoms with Crippen molar-refractivity contribution in [3.05, 3.63) is 54.2 Å². The van der Waals surface area contributed by atoms with Crippen LogP contribution in [0.1, 0.15) is 23.9 Å². The van der Waals surface area contributed by atoms with Crippen molar-refractivity contribution in [2.45, 2.75) is 25.0 Å². The quantitative estimate of drug-likeness (QED) is 0.469. The standard InChI is InChI=1S/C18H17N5O5S/c1-22(29(25,26)27)18-14(24)9-15(28-18)23-11-21-16-13(19-10-20-17(16)23)8-7-12-5-3-2-4-6-12/h2-6,10-11,14-15,18,24H,9H2,1H3,(H,25,26,27)/t14-,15+,18+/m0/s1. The third kappa shape index (κ3) is 3.84. The number of hydrogen-bond donors (Lipinski definition) is 2. The van der Waals surface area contributed by atoms with Crippen LogP contribution in [0.5, 0.6) is 0 Å². The van der Waals surface area contributed by atoms with E-state index in [0.717, 1.165) is 12.6 Å². The molecule has 3 aromatic rings. The van der Waals surface area contributed by atoms with Crippen molar-refractivity contribution >= 4 is 21.5 Å². The Bertz CT molecular complexity index is 1200. The number of rotatable bonds is 3. The summed E-state index contributed by atoms with van der Waals surface area (Å²) in [5, 5.41) is 10.2. The lowest BCUT2D eigenvalue weighted by Crippen LogP contribution is -2.42. The number of benzene rings is 1. The van der Waals surface area contributed by atoms with Crippen LogP contribution in [0, 0.1) is 11.8 Å². The monoisotopic (exact) mass is 415 g/mol. The first-order valence-corrected chi connectivity index (χ1v) is 10.0. The van der Waals surface area contributed by atoms with Crippen LogP contribution < -0.4 is 0 Å². The predicted molar refractivity (Wildman–Crippen MR) is 102 cm³/mol. The number of aromatic nitrogens is 4. The number of imidazole rings is 1. The number of aliphatic hydroxyl groups excluding tert-OH is 1. The van der Waals surface area contributed by atoms with Gasteiger partial charge in [0.2, 0.25) is 0 Å². The third-order valence-electron chi connectivity index (χ3n) is 4.56. The average Bonchev–Trinajstić information content (AvgIpc) is 3.29. The molecule has 1 aliphatic heterocycles. The van der Waals surface area contributed by atoms with E-state index in [4.69, 9.17) is 4.74 Å². The summed E-state index contributed by atoms with van der Waals surface area (Å²) in [4.78, 5) is 12.7. The van der Waals surface area contributed by atoms with Gasteiger partial charge in [-0.15, -0.1) is 0 Å². The van der Waals surface area contributed by atoms with Gasteiger partial charge in [0, 0.05) is 19.0 Å². The number of nitrogens with zero attached hydrogens (tertiary/aromatic N) is 5. The maximum atomic E-state index is 11.3. The molecule has 0 bridgehead atoms. The van der Waals surface area contributed by atoms with E-state index in [1.54, 1.807) is 4.57 Å². The largest absolute Gasteiger partial charge is 0.389 e. The molecule has 10 nitrogen and oxygen atoms in total. The molecule has 150 valence electrons. The fourth-order valence-electron chi connectivity index (χ4n) is 3.08. The molecule has 0 unspecified atom stereocenters. The molecule has 0 saturated carbocycles. The van der Waals surface area contributed by atoms with Crippen LogP contribution in [-0.4, -0.2) is 61.3 Å². The molecule has 1 aromatic carbocycles. The van der Waals surface area contributed by atoms with Crippen LogP contribution in [0.25, 0.3) is 11.2 Å². The van der Waals surface area contributed by atoms with E-state index >= 15 is 0 Å². The summed E-state index contributed by atoms with van der Waals surface area (Å²) < 4.78 is 39.7. The smallest absolute Gasteiger partial charge is 0.337 e. The Labute approximate surface area is 166 Å². The van der Waals surface area contributed by atoms with Gasteiger partial charge >= 0.3 is 10.3 Å². The van der Waals surface area contributed by atoms with Gasteiger partial charge in [-0.05, 0) is 18.1 Å². The second-order valence-electron chi connectivity index (χ2n) is 6.44. The normalized spacial score (nSPS) is 22.0. The highest BCUT2D eigenvalue weighted by molar-refractivity contribution is 7.83. The van der Waals surface area contributed by atoms with E-state index in [2.05, 4.69) is 26.8 Å². The van der Waals surface area contributed by atoms with Crippen LogP contribution in [-0.2, 0) is 15.0 Å². The molecular formula is C18H17N5O5S. The van der Waals surface area contributed by atoms with E-state index in [1.807, 2.05) is 30.3 Å². The van der Waals surface area contributed by atoms with Gasteiger partial charge in [-0.3, -0.25) is 9.12 Å². The Morgan fingerprint density at radius 3 is 2.69 bits per heavy atom. The van der Waals surface area contributed by atoms with Crippen molar-refractivity contribution in [3.8, 4) is 11.8 Å². The van der Waals surface area contributed by atoms with Gasteiger partial charge in [0.15, 0.2) is 11.9 Å². The number of ether oxygens (including phenoxy) is 1. The summed E-state index contributed by atoms with van der Waals surface area (Å²) in [5.74, 6) is 5.99. The first kappa shape index (κ1) is 19.4. The summed E-state index contributed by atoms with van der Waals surface area (Å²) in [5.41, 5.74) is 2.16. The summed E-state index contributed by atoms with van der Waals surface area (Å²) in [6.45, 7) is 0. The average molecular weight is 415 g/mol. The van der Waals surface area contributed by atoms with Gasteiger partial charge < -0.3 is 9.84 Å². The summed E-state index contributed by atoms with van der Waals surface area (Å²) in [6, 6.07) is 9.43. The molecule has 1 fully saturated rings. The van der Waals surface area contributed by atoms with E-state index in [0.29, 0.717) is 21.2 Å². The molecule has 2 N–H and O–H groups in total. The lowest BCUT2D eigenvalue weighted by molar-refractivity contribution is -0.0686. The highest BCUT2D eigenvalue weighted by Gasteiger charge is 2.41. The van der Waals surface area contributed by atoms with Crippen LogP contribution in [0.3, 0.4) is 0 Å². The Balaban J connectivity index is 1.65. The SMILES string of the molecule is CN([C@@H]1O[C@@H](n2cnc3c(C#Cc4ccccc4)ncnc32)C[C@@H]1O)S(=O)(=O)O. The second-order valence-corrected chi connectivity index (χ2v) is 7.91. The zero-order valence-electron chi connectivity index (χ0n) is 15.2. The third-order valence-corrected chi connectivity index (χ3v) is 5.49. The lowest BCUT2D eigenvalue weighted by Gasteiger charge is -2.22. The van der Waals surface area contributed by atoms with Crippen molar-refractivity contribution in [2.75, 3.05) is 7.05 Å². The molecule has 0 aliphatic carbocycles. The summed E-state index contributed by atoms with van der Waals surface area (Å²) in [6.07, 6.45) is -0.183. The van der Waals surface area contributed by atoms with Crippen LogP contribution in [0.2, 0.25) is 0 Å². The van der Waals surface area contributed by atoms with Gasteiger partial charge in [-0.25, -0.2) is 15.0 Å². The summed E-state index contributed by atoms with van der Waals surface area (Å²) >= 11 is 0. The van der Waals surface area contributed by atoms with Gasteiger partial charge in [-0.2, -0.15) is 12.7 Å². The molecule has 0 radical (unpaired) electrons. The van der Waals surface area contributed by atoms with E-state index in [1.165, 1.54) is 12.7 Å². The summed E-state index contributed by atoms with van der Waals surface area (Å²) in [7, 11) is -3.39. The van der Waals surface area contributed by atoms with Crippen LogP contribution in [0.15, 0.2) is 43.0 Å². The van der Waals surface area contributed by atoms with Gasteiger partial charge in [0.1, 0.15) is 23.8 Å². The molecule has 11 heteroatoms. The fraction of sp³-hybridized carbons (Fsp3) is 0.278. The maximum absolute atomic E-state index is 11.3. The Morgan fingerprint density at radius 1 is 1.21 bits per heavy atom. The number of hydrogen-bond acceptors (Lipinski definition) is 7. The van der Waals surface area contributed by atoms with Crippen LogP contribution >= 0.6 is 0 Å². The Morgan fingerprint density at radius 2 is 1.97 bits per heavy atom. The maximum Gasteiger partial charge on any atom is 0.337 e. The number of fused-ring (bicyclic) bond motifs is 1. The van der Waals surface area contributed by atoms with Crippen molar-refractivity contribution in [1.29, 1.82) is 0 Å². The minimum absolute atomic E-state index is 0.0883. The molecule has 29 heavy (non-hydrogen) atoms.